The lowest BCUT2D eigenvalue weighted by Gasteiger charge is -2.15. The number of rotatable bonds is 7. The van der Waals surface area contributed by atoms with Gasteiger partial charge in [0.15, 0.2) is 0 Å². The second-order valence-electron chi connectivity index (χ2n) is 6.73. The van der Waals surface area contributed by atoms with Gasteiger partial charge in [-0.15, -0.1) is 11.3 Å². The van der Waals surface area contributed by atoms with Crippen molar-refractivity contribution in [2.45, 2.75) is 39.7 Å². The second-order valence-corrected chi connectivity index (χ2v) is 7.59. The Balaban J connectivity index is 1.83. The molecule has 0 aliphatic heterocycles. The van der Waals surface area contributed by atoms with E-state index in [1.807, 2.05) is 45.0 Å². The summed E-state index contributed by atoms with van der Waals surface area (Å²) < 4.78 is 7.32. The van der Waals surface area contributed by atoms with E-state index in [9.17, 15) is 14.7 Å². The summed E-state index contributed by atoms with van der Waals surface area (Å²) in [7, 11) is 0. The molecule has 1 N–H and O–H groups in total. The first-order valence-electron chi connectivity index (χ1n) is 8.83. The van der Waals surface area contributed by atoms with E-state index < -0.39 is 5.97 Å². The molecule has 6 nitrogen and oxygen atoms in total. The van der Waals surface area contributed by atoms with Gasteiger partial charge in [0.1, 0.15) is 16.4 Å². The van der Waals surface area contributed by atoms with Crippen molar-refractivity contribution in [1.29, 1.82) is 0 Å². The van der Waals surface area contributed by atoms with Crippen LogP contribution >= 0.6 is 11.3 Å². The van der Waals surface area contributed by atoms with Crippen molar-refractivity contribution in [1.82, 2.24) is 9.55 Å². The van der Waals surface area contributed by atoms with Crippen molar-refractivity contribution in [2.24, 2.45) is 0 Å². The van der Waals surface area contributed by atoms with Gasteiger partial charge < -0.3 is 9.84 Å². The zero-order valence-corrected chi connectivity index (χ0v) is 16.4. The molecule has 0 aliphatic carbocycles. The highest BCUT2D eigenvalue weighted by molar-refractivity contribution is 7.17. The van der Waals surface area contributed by atoms with Crippen LogP contribution in [0.1, 0.15) is 47.9 Å². The number of hydrogen-bond donors (Lipinski definition) is 1. The maximum atomic E-state index is 13.0. The number of aryl methyl sites for hydroxylation is 1. The zero-order valence-electron chi connectivity index (χ0n) is 15.6. The molecule has 0 saturated carbocycles. The fourth-order valence-corrected chi connectivity index (χ4v) is 3.81. The molecule has 0 unspecified atom stereocenters. The second kappa shape index (κ2) is 7.92. The fraction of sp³-hybridized carbons (Fsp3) is 0.350. The third-order valence-electron chi connectivity index (χ3n) is 4.29. The standard InChI is InChI=1S/C20H22N2O4S/c1-12(2)17-21-18-16(15(11-27-18)20(24)25)19(23)22(17)9-4-10-26-14-7-5-13(3)6-8-14/h5-8,11-12H,4,9-10H2,1-3H3,(H,24,25). The Labute approximate surface area is 161 Å². The first-order chi connectivity index (χ1) is 12.9. The van der Waals surface area contributed by atoms with Crippen LogP contribution in [0.15, 0.2) is 34.4 Å². The number of benzene rings is 1. The van der Waals surface area contributed by atoms with Gasteiger partial charge in [-0.2, -0.15) is 0 Å². The molecular formula is C20H22N2O4S. The summed E-state index contributed by atoms with van der Waals surface area (Å²) in [6.45, 7) is 6.84. The van der Waals surface area contributed by atoms with E-state index in [1.165, 1.54) is 22.3 Å². The van der Waals surface area contributed by atoms with Crippen molar-refractivity contribution >= 4 is 27.5 Å². The number of carbonyl (C=O) groups is 1. The number of carboxylic acid groups (broad SMARTS) is 1. The SMILES string of the molecule is Cc1ccc(OCCCn2c(C(C)C)nc3scc(C(=O)O)c3c2=O)cc1. The summed E-state index contributed by atoms with van der Waals surface area (Å²) in [5.74, 6) is 0.403. The van der Waals surface area contributed by atoms with Gasteiger partial charge in [0.2, 0.25) is 0 Å². The Kier molecular flexibility index (Phi) is 5.60. The van der Waals surface area contributed by atoms with Crippen molar-refractivity contribution in [3.63, 3.8) is 0 Å². The summed E-state index contributed by atoms with van der Waals surface area (Å²) in [6.07, 6.45) is 0.618. The van der Waals surface area contributed by atoms with Crippen molar-refractivity contribution in [3.8, 4) is 5.75 Å². The lowest BCUT2D eigenvalue weighted by Crippen LogP contribution is -2.27. The number of aromatic nitrogens is 2. The molecule has 0 bridgehead atoms. The minimum absolute atomic E-state index is 0.0208. The molecule has 0 radical (unpaired) electrons. The van der Waals surface area contributed by atoms with Crippen LogP contribution in [0.4, 0.5) is 0 Å². The van der Waals surface area contributed by atoms with Gasteiger partial charge in [0.25, 0.3) is 5.56 Å². The maximum absolute atomic E-state index is 13.0. The lowest BCUT2D eigenvalue weighted by atomic mass is 10.1. The van der Waals surface area contributed by atoms with Crippen LogP contribution in [0.25, 0.3) is 10.2 Å². The topological polar surface area (TPSA) is 81.4 Å². The minimum Gasteiger partial charge on any atom is -0.494 e. The van der Waals surface area contributed by atoms with Crippen molar-refractivity contribution in [2.75, 3.05) is 6.61 Å². The van der Waals surface area contributed by atoms with Gasteiger partial charge in [-0.05, 0) is 25.5 Å². The zero-order chi connectivity index (χ0) is 19.6. The summed E-state index contributed by atoms with van der Waals surface area (Å²) in [5.41, 5.74) is 0.894. The molecular weight excluding hydrogens is 364 g/mol. The fourth-order valence-electron chi connectivity index (χ4n) is 2.90. The van der Waals surface area contributed by atoms with E-state index in [2.05, 4.69) is 4.98 Å². The molecule has 0 spiro atoms. The summed E-state index contributed by atoms with van der Waals surface area (Å²) in [5, 5.41) is 11.0. The number of fused-ring (bicyclic) bond motifs is 1. The van der Waals surface area contributed by atoms with E-state index >= 15 is 0 Å². The van der Waals surface area contributed by atoms with Gasteiger partial charge in [-0.3, -0.25) is 9.36 Å². The van der Waals surface area contributed by atoms with Crippen LogP contribution in [0.5, 0.6) is 5.75 Å². The van der Waals surface area contributed by atoms with Crippen LogP contribution < -0.4 is 10.3 Å². The Morgan fingerprint density at radius 2 is 2.00 bits per heavy atom. The highest BCUT2D eigenvalue weighted by atomic mass is 32.1. The van der Waals surface area contributed by atoms with Crippen LogP contribution in [0.2, 0.25) is 0 Å². The molecule has 2 aromatic heterocycles. The van der Waals surface area contributed by atoms with Gasteiger partial charge in [0.05, 0.1) is 17.6 Å². The van der Waals surface area contributed by atoms with E-state index in [0.29, 0.717) is 30.2 Å². The molecule has 27 heavy (non-hydrogen) atoms. The molecule has 0 fully saturated rings. The van der Waals surface area contributed by atoms with E-state index in [-0.39, 0.29) is 22.4 Å². The van der Waals surface area contributed by atoms with Gasteiger partial charge in [-0.1, -0.05) is 31.5 Å². The van der Waals surface area contributed by atoms with Crippen molar-refractivity contribution < 1.29 is 14.6 Å². The molecule has 0 atom stereocenters. The number of nitrogens with zero attached hydrogens (tertiary/aromatic N) is 2. The van der Waals surface area contributed by atoms with Gasteiger partial charge in [-0.25, -0.2) is 9.78 Å². The lowest BCUT2D eigenvalue weighted by molar-refractivity contribution is 0.0699. The number of hydrogen-bond acceptors (Lipinski definition) is 5. The molecule has 7 heteroatoms. The highest BCUT2D eigenvalue weighted by Crippen LogP contribution is 2.24. The summed E-state index contributed by atoms with van der Waals surface area (Å²) in [6, 6.07) is 7.80. The first-order valence-corrected chi connectivity index (χ1v) is 9.71. The molecule has 142 valence electrons. The van der Waals surface area contributed by atoms with E-state index in [1.54, 1.807) is 4.57 Å². The third-order valence-corrected chi connectivity index (χ3v) is 5.16. The quantitative estimate of drug-likeness (QED) is 0.619. The average Bonchev–Trinajstić information content (AvgIpc) is 3.06. The van der Waals surface area contributed by atoms with E-state index in [0.717, 1.165) is 5.75 Å². The molecule has 0 aliphatic rings. The van der Waals surface area contributed by atoms with Gasteiger partial charge in [0, 0.05) is 17.8 Å². The molecule has 3 aromatic rings. The van der Waals surface area contributed by atoms with Crippen LogP contribution in [0.3, 0.4) is 0 Å². The molecule has 3 rings (SSSR count). The molecule has 0 saturated heterocycles. The van der Waals surface area contributed by atoms with Crippen molar-refractivity contribution in [3.05, 3.63) is 57.0 Å². The monoisotopic (exact) mass is 386 g/mol. The number of aromatic carboxylic acids is 1. The largest absolute Gasteiger partial charge is 0.494 e. The third kappa shape index (κ3) is 4.03. The molecule has 2 heterocycles. The highest BCUT2D eigenvalue weighted by Gasteiger charge is 2.20. The van der Waals surface area contributed by atoms with E-state index in [4.69, 9.17) is 4.74 Å². The number of thiophene rings is 1. The Morgan fingerprint density at radius 3 is 2.63 bits per heavy atom. The number of ether oxygens (including phenoxy) is 1. The molecule has 1 aromatic carbocycles. The summed E-state index contributed by atoms with van der Waals surface area (Å²) >= 11 is 1.19. The predicted octanol–water partition coefficient (Wildman–Crippen LogP) is 4.06. The maximum Gasteiger partial charge on any atom is 0.337 e. The predicted molar refractivity (Wildman–Crippen MR) is 106 cm³/mol. The first kappa shape index (κ1) is 19.1. The van der Waals surface area contributed by atoms with Crippen LogP contribution in [-0.2, 0) is 6.54 Å². The van der Waals surface area contributed by atoms with Crippen LogP contribution in [0, 0.1) is 6.92 Å². The minimum atomic E-state index is -1.10. The van der Waals surface area contributed by atoms with Crippen LogP contribution in [-0.4, -0.2) is 27.2 Å². The average molecular weight is 386 g/mol. The number of carboxylic acids is 1. The smallest absolute Gasteiger partial charge is 0.337 e. The van der Waals surface area contributed by atoms with Gasteiger partial charge >= 0.3 is 5.97 Å². The Hall–Kier alpha value is -2.67. The Morgan fingerprint density at radius 1 is 1.30 bits per heavy atom. The molecule has 0 amide bonds. The summed E-state index contributed by atoms with van der Waals surface area (Å²) in [4.78, 5) is 29.4. The Bertz CT molecular complexity index is 1020. The normalized spacial score (nSPS) is 11.3.